The average Bonchev–Trinajstić information content (AvgIpc) is 2.97. The van der Waals surface area contributed by atoms with Crippen LogP contribution in [0.2, 0.25) is 0 Å². The smallest absolute Gasteiger partial charge is 0.438 e. The third-order valence-corrected chi connectivity index (χ3v) is 5.55. The van der Waals surface area contributed by atoms with E-state index >= 15 is 0 Å². The summed E-state index contributed by atoms with van der Waals surface area (Å²) in [5, 5.41) is -6.65. The number of hydrogen-bond donors (Lipinski definition) is 0. The molecule has 13 heteroatoms. The van der Waals surface area contributed by atoms with E-state index in [2.05, 4.69) is 4.74 Å². The molecule has 0 aromatic heterocycles. The third-order valence-electron chi connectivity index (χ3n) is 4.68. The van der Waals surface area contributed by atoms with Gasteiger partial charge in [0, 0.05) is 5.41 Å². The molecule has 0 radical (unpaired) electrons. The molecule has 0 amide bonds. The molecule has 0 spiro atoms. The number of hydrogen-bond acceptors (Lipinski definition) is 4. The average molecular weight is 391 g/mol. The first kappa shape index (κ1) is 19.6. The molecule has 0 unspecified atom stereocenters. The molecule has 24 heavy (non-hydrogen) atoms. The molecule has 142 valence electrons. The molecule has 2 fully saturated rings. The quantitative estimate of drug-likeness (QED) is 0.513. The second kappa shape index (κ2) is 5.16. The largest absolute Gasteiger partial charge is 0.743 e. The SMILES string of the molecule is O=S(=O)([O-])C(F)(F)C(F)(F)OC(F)(F)C(F)(F)C12CCC(CC1)C2. The van der Waals surface area contributed by atoms with Crippen LogP contribution >= 0.6 is 0 Å². The molecule has 2 rings (SSSR count). The number of rotatable bonds is 6. The predicted octanol–water partition coefficient (Wildman–Crippen LogP) is 3.54. The van der Waals surface area contributed by atoms with Crippen molar-refractivity contribution in [3.63, 3.8) is 0 Å². The fourth-order valence-corrected chi connectivity index (χ4v) is 3.70. The molecule has 2 bridgehead atoms. The van der Waals surface area contributed by atoms with Crippen molar-refractivity contribution >= 4 is 10.1 Å². The van der Waals surface area contributed by atoms with Crippen molar-refractivity contribution in [1.29, 1.82) is 0 Å². The third kappa shape index (κ3) is 2.59. The summed E-state index contributed by atoms with van der Waals surface area (Å²) >= 11 is 0. The molecule has 4 nitrogen and oxygen atoms in total. The van der Waals surface area contributed by atoms with E-state index in [4.69, 9.17) is 0 Å². The minimum Gasteiger partial charge on any atom is -0.743 e. The van der Waals surface area contributed by atoms with E-state index in [1.807, 2.05) is 0 Å². The summed E-state index contributed by atoms with van der Waals surface area (Å²) in [6, 6.07) is 0. The molecule has 0 aliphatic heterocycles. The van der Waals surface area contributed by atoms with Gasteiger partial charge in [-0.1, -0.05) is 0 Å². The molecule has 0 aromatic carbocycles. The van der Waals surface area contributed by atoms with Gasteiger partial charge in [0.25, 0.3) is 0 Å². The van der Waals surface area contributed by atoms with Crippen molar-refractivity contribution in [2.45, 2.75) is 55.5 Å². The fraction of sp³-hybridized carbons (Fsp3) is 1.00. The van der Waals surface area contributed by atoms with Gasteiger partial charge in [-0.2, -0.15) is 35.1 Å². The molecule has 2 aliphatic rings. The summed E-state index contributed by atoms with van der Waals surface area (Å²) in [5.41, 5.74) is -2.40. The van der Waals surface area contributed by atoms with Crippen molar-refractivity contribution < 1.29 is 52.8 Å². The Hall–Kier alpha value is -0.690. The van der Waals surface area contributed by atoms with Gasteiger partial charge in [-0.3, -0.25) is 0 Å². The minimum atomic E-state index is -7.15. The number of ether oxygens (including phenoxy) is 1. The Labute approximate surface area is 130 Å². The first-order valence-electron chi connectivity index (χ1n) is 6.66. The maximum absolute atomic E-state index is 14.1. The Balaban J connectivity index is 2.33. The first-order valence-corrected chi connectivity index (χ1v) is 8.07. The number of alkyl halides is 8. The van der Waals surface area contributed by atoms with Gasteiger partial charge < -0.3 is 4.55 Å². The monoisotopic (exact) mass is 391 g/mol. The molecule has 0 atom stereocenters. The Morgan fingerprint density at radius 1 is 0.917 bits per heavy atom. The van der Waals surface area contributed by atoms with Crippen LogP contribution in [-0.4, -0.2) is 36.4 Å². The van der Waals surface area contributed by atoms with Crippen LogP contribution in [-0.2, 0) is 14.9 Å². The fourth-order valence-electron chi connectivity index (χ4n) is 3.37. The van der Waals surface area contributed by atoms with Gasteiger partial charge in [-0.15, -0.1) is 0 Å². The molecular formula is C11H11F8O4S-. The molecule has 2 saturated carbocycles. The lowest BCUT2D eigenvalue weighted by molar-refractivity contribution is -0.469. The molecule has 0 aromatic rings. The maximum atomic E-state index is 14.1. The summed E-state index contributed by atoms with van der Waals surface area (Å²) < 4.78 is 140. The highest BCUT2D eigenvalue weighted by Gasteiger charge is 2.77. The Morgan fingerprint density at radius 3 is 1.71 bits per heavy atom. The molecule has 2 aliphatic carbocycles. The van der Waals surface area contributed by atoms with E-state index in [1.165, 1.54) is 0 Å². The van der Waals surface area contributed by atoms with Crippen LogP contribution in [0.1, 0.15) is 32.1 Å². The number of halogens is 8. The normalized spacial score (nSPS) is 29.3. The van der Waals surface area contributed by atoms with Gasteiger partial charge in [-0.05, 0) is 38.0 Å². The molecular weight excluding hydrogens is 380 g/mol. The summed E-state index contributed by atoms with van der Waals surface area (Å²) in [6.45, 7) is 0. The van der Waals surface area contributed by atoms with Gasteiger partial charge in [-0.25, -0.2) is 13.2 Å². The van der Waals surface area contributed by atoms with Gasteiger partial charge in [0.05, 0.1) is 0 Å². The molecule has 0 heterocycles. The second-order valence-electron chi connectivity index (χ2n) is 6.11. The zero-order chi connectivity index (χ0) is 18.8. The Morgan fingerprint density at radius 2 is 1.38 bits per heavy atom. The zero-order valence-electron chi connectivity index (χ0n) is 11.7. The maximum Gasteiger partial charge on any atom is 0.438 e. The first-order chi connectivity index (χ1) is 10.5. The lowest BCUT2D eigenvalue weighted by atomic mass is 9.77. The van der Waals surface area contributed by atoms with Crippen LogP contribution in [0.25, 0.3) is 0 Å². The van der Waals surface area contributed by atoms with Crippen LogP contribution in [0.4, 0.5) is 35.1 Å². The minimum absolute atomic E-state index is 0.146. The van der Waals surface area contributed by atoms with Crippen LogP contribution in [0.3, 0.4) is 0 Å². The van der Waals surface area contributed by atoms with E-state index in [-0.39, 0.29) is 18.8 Å². The summed E-state index contributed by atoms with van der Waals surface area (Å²) in [7, 11) is -7.15. The molecule has 0 saturated heterocycles. The zero-order valence-corrected chi connectivity index (χ0v) is 12.5. The van der Waals surface area contributed by atoms with E-state index in [1.54, 1.807) is 0 Å². The highest BCUT2D eigenvalue weighted by molar-refractivity contribution is 7.86. The van der Waals surface area contributed by atoms with Crippen molar-refractivity contribution in [3.05, 3.63) is 0 Å². The second-order valence-corrected chi connectivity index (χ2v) is 7.53. The van der Waals surface area contributed by atoms with Crippen LogP contribution in [0, 0.1) is 11.3 Å². The molecule has 0 N–H and O–H groups in total. The summed E-state index contributed by atoms with van der Waals surface area (Å²) in [6.07, 6.45) is -13.8. The lowest BCUT2D eigenvalue weighted by Gasteiger charge is -2.41. The van der Waals surface area contributed by atoms with Gasteiger partial charge in [0.15, 0.2) is 10.1 Å². The van der Waals surface area contributed by atoms with Gasteiger partial charge in [0.1, 0.15) is 0 Å². The lowest BCUT2D eigenvalue weighted by Crippen LogP contribution is -2.60. The van der Waals surface area contributed by atoms with Crippen LogP contribution < -0.4 is 0 Å². The van der Waals surface area contributed by atoms with E-state index < -0.39 is 58.2 Å². The van der Waals surface area contributed by atoms with Crippen LogP contribution in [0.15, 0.2) is 0 Å². The topological polar surface area (TPSA) is 66.4 Å². The van der Waals surface area contributed by atoms with Gasteiger partial charge in [0.2, 0.25) is 0 Å². The summed E-state index contributed by atoms with van der Waals surface area (Å²) in [4.78, 5) is 0. The van der Waals surface area contributed by atoms with Crippen molar-refractivity contribution in [2.75, 3.05) is 0 Å². The van der Waals surface area contributed by atoms with E-state index in [9.17, 15) is 48.1 Å². The van der Waals surface area contributed by atoms with Crippen molar-refractivity contribution in [2.24, 2.45) is 11.3 Å². The van der Waals surface area contributed by atoms with Crippen molar-refractivity contribution in [1.82, 2.24) is 0 Å². The van der Waals surface area contributed by atoms with E-state index in [0.29, 0.717) is 0 Å². The van der Waals surface area contributed by atoms with Crippen LogP contribution in [0.5, 0.6) is 0 Å². The predicted molar refractivity (Wildman–Crippen MR) is 59.6 cm³/mol. The Kier molecular flexibility index (Phi) is 4.22. The Bertz CT molecular complexity index is 610. The van der Waals surface area contributed by atoms with Crippen molar-refractivity contribution in [3.8, 4) is 0 Å². The number of fused-ring (bicyclic) bond motifs is 2. The van der Waals surface area contributed by atoms with E-state index in [0.717, 1.165) is 0 Å². The highest BCUT2D eigenvalue weighted by atomic mass is 32.2. The summed E-state index contributed by atoms with van der Waals surface area (Å²) in [5.74, 6) is -5.56. The standard InChI is InChI=1S/C11H12F8O4S/c12-8(13,7-3-1-6(5-7)2-4-7)9(14,15)23-10(16,17)11(18,19)24(20,21)22/h6H,1-5H2,(H,20,21,22)/p-1. The van der Waals surface area contributed by atoms with Gasteiger partial charge >= 0.3 is 23.4 Å². The highest BCUT2D eigenvalue weighted by Crippen LogP contribution is 2.65.